The Morgan fingerprint density at radius 3 is 2.36 bits per heavy atom. The van der Waals surface area contributed by atoms with Crippen molar-refractivity contribution < 1.29 is 9.53 Å². The number of ether oxygens (including phenoxy) is 1. The minimum atomic E-state index is -0.448. The third kappa shape index (κ3) is 4.22. The summed E-state index contributed by atoms with van der Waals surface area (Å²) in [5.74, 6) is 0. The zero-order valence-corrected chi connectivity index (χ0v) is 14.5. The van der Waals surface area contributed by atoms with Gasteiger partial charge in [0.15, 0.2) is 0 Å². The number of hydrogen-bond acceptors (Lipinski definition) is 4. The molecule has 22 heavy (non-hydrogen) atoms. The largest absolute Gasteiger partial charge is 0.444 e. The van der Waals surface area contributed by atoms with Gasteiger partial charge in [-0.1, -0.05) is 0 Å². The predicted octanol–water partition coefficient (Wildman–Crippen LogP) is 2.25. The highest BCUT2D eigenvalue weighted by molar-refractivity contribution is 5.68. The van der Waals surface area contributed by atoms with Crippen molar-refractivity contribution in [3.8, 4) is 0 Å². The molecule has 1 fully saturated rings. The van der Waals surface area contributed by atoms with Crippen LogP contribution in [-0.2, 0) is 18.3 Å². The smallest absolute Gasteiger partial charge is 0.410 e. The van der Waals surface area contributed by atoms with E-state index in [2.05, 4.69) is 23.8 Å². The molecule has 0 bridgehead atoms. The lowest BCUT2D eigenvalue weighted by atomic mass is 10.1. The van der Waals surface area contributed by atoms with Crippen LogP contribution in [0.3, 0.4) is 0 Å². The molecular formula is C16H28N4O2. The summed E-state index contributed by atoms with van der Waals surface area (Å²) in [6.07, 6.45) is 3.73. The molecule has 2 rings (SSSR count). The third-order valence-corrected chi connectivity index (χ3v) is 3.88. The van der Waals surface area contributed by atoms with Crippen LogP contribution >= 0.6 is 0 Å². The number of rotatable bonds is 2. The van der Waals surface area contributed by atoms with Crippen molar-refractivity contribution in [2.45, 2.75) is 58.8 Å². The molecule has 2 heterocycles. The Labute approximate surface area is 133 Å². The Morgan fingerprint density at radius 2 is 1.91 bits per heavy atom. The summed E-state index contributed by atoms with van der Waals surface area (Å²) in [4.78, 5) is 16.5. The summed E-state index contributed by atoms with van der Waals surface area (Å²) in [7, 11) is 1.93. The van der Waals surface area contributed by atoms with Crippen LogP contribution in [0, 0.1) is 0 Å². The number of carbonyl (C=O) groups excluding carboxylic acids is 1. The van der Waals surface area contributed by atoms with E-state index in [1.165, 1.54) is 5.56 Å². The standard InChI is InChI=1S/C16H28N4O2/c1-12-8-19(15(21)22-16(3,4)5)9-13(2)20(12)11-14-7-17-18(6)10-14/h7,10,12-13H,8-9,11H2,1-6H3/t12-,13+. The van der Waals surface area contributed by atoms with Crippen LogP contribution in [0.2, 0.25) is 0 Å². The van der Waals surface area contributed by atoms with E-state index in [0.717, 1.165) is 6.54 Å². The first-order valence-electron chi connectivity index (χ1n) is 7.87. The van der Waals surface area contributed by atoms with Crippen molar-refractivity contribution in [3.63, 3.8) is 0 Å². The van der Waals surface area contributed by atoms with E-state index < -0.39 is 5.60 Å². The normalized spacial score (nSPS) is 23.6. The molecule has 0 saturated carbocycles. The fourth-order valence-electron chi connectivity index (χ4n) is 2.91. The summed E-state index contributed by atoms with van der Waals surface area (Å²) >= 11 is 0. The van der Waals surface area contributed by atoms with Crippen LogP contribution in [0.15, 0.2) is 12.4 Å². The Bertz CT molecular complexity index is 508. The van der Waals surface area contributed by atoms with Gasteiger partial charge in [0, 0.05) is 50.5 Å². The molecule has 1 aliphatic heterocycles. The number of amides is 1. The minimum absolute atomic E-state index is 0.216. The average Bonchev–Trinajstić information content (AvgIpc) is 2.77. The average molecular weight is 308 g/mol. The lowest BCUT2D eigenvalue weighted by Gasteiger charge is -2.44. The van der Waals surface area contributed by atoms with E-state index in [1.807, 2.05) is 49.8 Å². The van der Waals surface area contributed by atoms with Crippen molar-refractivity contribution in [1.82, 2.24) is 19.6 Å². The monoisotopic (exact) mass is 308 g/mol. The Morgan fingerprint density at radius 1 is 1.32 bits per heavy atom. The van der Waals surface area contributed by atoms with Crippen molar-refractivity contribution in [2.75, 3.05) is 13.1 Å². The highest BCUT2D eigenvalue weighted by Crippen LogP contribution is 2.20. The SMILES string of the molecule is C[C@@H]1CN(C(=O)OC(C)(C)C)C[C@H](C)N1Cc1cnn(C)c1. The van der Waals surface area contributed by atoms with E-state index in [1.54, 1.807) is 0 Å². The summed E-state index contributed by atoms with van der Waals surface area (Å²) < 4.78 is 7.31. The van der Waals surface area contributed by atoms with Gasteiger partial charge in [-0.15, -0.1) is 0 Å². The van der Waals surface area contributed by atoms with Gasteiger partial charge in [0.05, 0.1) is 6.20 Å². The van der Waals surface area contributed by atoms with Crippen LogP contribution in [0.5, 0.6) is 0 Å². The summed E-state index contributed by atoms with van der Waals surface area (Å²) in [6, 6.07) is 0.577. The molecule has 1 amide bonds. The number of aromatic nitrogens is 2. The van der Waals surface area contributed by atoms with Gasteiger partial charge in [0.25, 0.3) is 0 Å². The topological polar surface area (TPSA) is 50.6 Å². The van der Waals surface area contributed by atoms with Crippen molar-refractivity contribution in [2.24, 2.45) is 7.05 Å². The minimum Gasteiger partial charge on any atom is -0.444 e. The van der Waals surface area contributed by atoms with Gasteiger partial charge in [-0.25, -0.2) is 4.79 Å². The number of hydrogen-bond donors (Lipinski definition) is 0. The van der Waals surface area contributed by atoms with Gasteiger partial charge < -0.3 is 9.64 Å². The number of nitrogens with zero attached hydrogens (tertiary/aromatic N) is 4. The molecule has 0 unspecified atom stereocenters. The van der Waals surface area contributed by atoms with Crippen molar-refractivity contribution >= 4 is 6.09 Å². The van der Waals surface area contributed by atoms with E-state index >= 15 is 0 Å². The molecule has 6 nitrogen and oxygen atoms in total. The molecule has 0 radical (unpaired) electrons. The quantitative estimate of drug-likeness (QED) is 0.841. The molecule has 124 valence electrons. The fourth-order valence-corrected chi connectivity index (χ4v) is 2.91. The highest BCUT2D eigenvalue weighted by atomic mass is 16.6. The molecule has 6 heteroatoms. The van der Waals surface area contributed by atoms with Gasteiger partial charge in [0.1, 0.15) is 5.60 Å². The van der Waals surface area contributed by atoms with Crippen LogP contribution in [0.25, 0.3) is 0 Å². The molecule has 1 aromatic rings. The number of aryl methyl sites for hydroxylation is 1. The van der Waals surface area contributed by atoms with Crippen LogP contribution in [0.4, 0.5) is 4.79 Å². The van der Waals surface area contributed by atoms with Crippen LogP contribution in [-0.4, -0.2) is 56.4 Å². The fraction of sp³-hybridized carbons (Fsp3) is 0.750. The van der Waals surface area contributed by atoms with E-state index in [-0.39, 0.29) is 18.2 Å². The Balaban J connectivity index is 1.98. The van der Waals surface area contributed by atoms with E-state index in [9.17, 15) is 4.79 Å². The molecule has 0 spiro atoms. The maximum Gasteiger partial charge on any atom is 0.410 e. The second kappa shape index (κ2) is 6.28. The number of carbonyl (C=O) groups is 1. The third-order valence-electron chi connectivity index (χ3n) is 3.88. The van der Waals surface area contributed by atoms with Gasteiger partial charge in [-0.2, -0.15) is 5.10 Å². The maximum atomic E-state index is 12.2. The molecule has 0 N–H and O–H groups in total. The van der Waals surface area contributed by atoms with Crippen molar-refractivity contribution in [1.29, 1.82) is 0 Å². The molecule has 1 saturated heterocycles. The first-order chi connectivity index (χ1) is 10.2. The zero-order chi connectivity index (χ0) is 16.5. The number of piperazine rings is 1. The highest BCUT2D eigenvalue weighted by Gasteiger charge is 2.33. The molecular weight excluding hydrogens is 280 g/mol. The second-order valence-electron chi connectivity index (χ2n) is 7.28. The summed E-state index contributed by atoms with van der Waals surface area (Å²) in [5.41, 5.74) is 0.753. The second-order valence-corrected chi connectivity index (χ2v) is 7.28. The van der Waals surface area contributed by atoms with Gasteiger partial charge in [-0.05, 0) is 34.6 Å². The summed E-state index contributed by atoms with van der Waals surface area (Å²) in [6.45, 7) is 12.3. The summed E-state index contributed by atoms with van der Waals surface area (Å²) in [5, 5.41) is 4.22. The van der Waals surface area contributed by atoms with Gasteiger partial charge >= 0.3 is 6.09 Å². The van der Waals surface area contributed by atoms with Gasteiger partial charge in [-0.3, -0.25) is 9.58 Å². The van der Waals surface area contributed by atoms with Crippen LogP contribution in [0.1, 0.15) is 40.2 Å². The molecule has 0 aliphatic carbocycles. The van der Waals surface area contributed by atoms with E-state index in [0.29, 0.717) is 13.1 Å². The van der Waals surface area contributed by atoms with Gasteiger partial charge in [0.2, 0.25) is 0 Å². The molecule has 1 aliphatic rings. The lowest BCUT2D eigenvalue weighted by Crippen LogP contribution is -2.58. The molecule has 2 atom stereocenters. The maximum absolute atomic E-state index is 12.2. The van der Waals surface area contributed by atoms with E-state index in [4.69, 9.17) is 4.74 Å². The predicted molar refractivity (Wildman–Crippen MR) is 85.5 cm³/mol. The van der Waals surface area contributed by atoms with Crippen LogP contribution < -0.4 is 0 Å². The Hall–Kier alpha value is -1.56. The first kappa shape index (κ1) is 16.8. The van der Waals surface area contributed by atoms with Crippen molar-refractivity contribution in [3.05, 3.63) is 18.0 Å². The first-order valence-corrected chi connectivity index (χ1v) is 7.87. The molecule has 0 aromatic carbocycles. The zero-order valence-electron chi connectivity index (χ0n) is 14.5. The molecule has 1 aromatic heterocycles. The lowest BCUT2D eigenvalue weighted by molar-refractivity contribution is -0.00967. The Kier molecular flexibility index (Phi) is 4.80.